The van der Waals surface area contributed by atoms with Crippen molar-refractivity contribution in [1.29, 1.82) is 0 Å². The number of piperazine rings is 1. The van der Waals surface area contributed by atoms with E-state index >= 15 is 0 Å². The minimum atomic E-state index is -0.753. The van der Waals surface area contributed by atoms with Crippen molar-refractivity contribution in [3.05, 3.63) is 114 Å². The van der Waals surface area contributed by atoms with E-state index < -0.39 is 6.10 Å². The van der Waals surface area contributed by atoms with Crippen molar-refractivity contribution < 1.29 is 5.11 Å². The molecule has 0 saturated carbocycles. The Bertz CT molecular complexity index is 1150. The third-order valence-electron chi connectivity index (χ3n) is 6.81. The van der Waals surface area contributed by atoms with Crippen molar-refractivity contribution >= 4 is 37.2 Å². The van der Waals surface area contributed by atoms with Gasteiger partial charge in [0.2, 0.25) is 0 Å². The predicted molar refractivity (Wildman–Crippen MR) is 158 cm³/mol. The summed E-state index contributed by atoms with van der Waals surface area (Å²) < 4.78 is 0. The summed E-state index contributed by atoms with van der Waals surface area (Å²) in [6.07, 6.45) is -0.753. The molecule has 1 aromatic heterocycles. The Balaban J connectivity index is 0.00000160. The first-order valence-electron chi connectivity index (χ1n) is 12.1. The van der Waals surface area contributed by atoms with E-state index in [0.29, 0.717) is 0 Å². The highest BCUT2D eigenvalue weighted by Gasteiger charge is 2.38. The molecule has 5 nitrogen and oxygen atoms in total. The van der Waals surface area contributed by atoms with Gasteiger partial charge in [-0.1, -0.05) is 91.0 Å². The molecular weight excluding hydrogens is 527 g/mol. The second-order valence-electron chi connectivity index (χ2n) is 8.98. The van der Waals surface area contributed by atoms with Gasteiger partial charge in [0.15, 0.2) is 0 Å². The average molecular weight is 562 g/mol. The molecule has 0 radical (unpaired) electrons. The first-order valence-corrected chi connectivity index (χ1v) is 12.1. The van der Waals surface area contributed by atoms with E-state index in [2.05, 4.69) is 63.7 Å². The predicted octanol–water partition coefficient (Wildman–Crippen LogP) is 5.79. The second kappa shape index (κ2) is 14.5. The number of aliphatic hydroxyl groups is 1. The fraction of sp³-hybridized carbons (Fsp3) is 0.276. The van der Waals surface area contributed by atoms with Gasteiger partial charge in [0.05, 0.1) is 11.7 Å². The highest BCUT2D eigenvalue weighted by molar-refractivity contribution is 5.86. The third kappa shape index (κ3) is 6.94. The Hall–Kier alpha value is -2.38. The maximum absolute atomic E-state index is 12.0. The van der Waals surface area contributed by atoms with Crippen LogP contribution in [0.4, 0.5) is 0 Å². The fourth-order valence-corrected chi connectivity index (χ4v) is 5.14. The Morgan fingerprint density at radius 2 is 1.24 bits per heavy atom. The van der Waals surface area contributed by atoms with Gasteiger partial charge >= 0.3 is 0 Å². The van der Waals surface area contributed by atoms with Crippen LogP contribution >= 0.6 is 37.2 Å². The molecule has 3 aromatic carbocycles. The normalized spacial score (nSPS) is 15.1. The number of hydrogen-bond acceptors (Lipinski definition) is 4. The van der Waals surface area contributed by atoms with Gasteiger partial charge in [-0.2, -0.15) is 0 Å². The lowest BCUT2D eigenvalue weighted by Gasteiger charge is -2.42. The summed E-state index contributed by atoms with van der Waals surface area (Å²) >= 11 is 0. The molecule has 198 valence electrons. The smallest absolute Gasteiger partial charge is 0.137 e. The van der Waals surface area contributed by atoms with Gasteiger partial charge in [-0.15, -0.1) is 37.2 Å². The number of imidazole rings is 1. The second-order valence-corrected chi connectivity index (χ2v) is 8.98. The van der Waals surface area contributed by atoms with Crippen LogP contribution in [0.3, 0.4) is 0 Å². The number of aryl methyl sites for hydroxylation is 1. The van der Waals surface area contributed by atoms with Crippen molar-refractivity contribution in [2.75, 3.05) is 26.2 Å². The molecule has 2 atom stereocenters. The molecule has 37 heavy (non-hydrogen) atoms. The summed E-state index contributed by atoms with van der Waals surface area (Å²) in [4.78, 5) is 10.8. The van der Waals surface area contributed by atoms with E-state index in [9.17, 15) is 5.11 Å². The molecule has 0 amide bonds. The van der Waals surface area contributed by atoms with Gasteiger partial charge < -0.3 is 15.4 Å². The van der Waals surface area contributed by atoms with Gasteiger partial charge in [0, 0.05) is 43.4 Å². The van der Waals surface area contributed by atoms with Crippen molar-refractivity contribution in [3.8, 4) is 11.4 Å². The summed E-state index contributed by atoms with van der Waals surface area (Å²) in [5.74, 6) is 0.800. The average Bonchev–Trinajstić information content (AvgIpc) is 3.30. The number of aromatic nitrogens is 2. The number of halogens is 3. The van der Waals surface area contributed by atoms with Crippen molar-refractivity contribution in [2.45, 2.75) is 25.0 Å². The van der Waals surface area contributed by atoms with Crippen LogP contribution in [0.2, 0.25) is 0 Å². The molecule has 2 heterocycles. The van der Waals surface area contributed by atoms with Crippen molar-refractivity contribution in [2.24, 2.45) is 0 Å². The van der Waals surface area contributed by atoms with Gasteiger partial charge in [0.25, 0.3) is 0 Å². The number of H-pyrrole nitrogens is 1. The molecule has 1 saturated heterocycles. The molecule has 0 aliphatic carbocycles. The van der Waals surface area contributed by atoms with Crippen LogP contribution < -0.4 is 5.32 Å². The lowest BCUT2D eigenvalue weighted by molar-refractivity contribution is 0.0295. The van der Waals surface area contributed by atoms with E-state index in [-0.39, 0.29) is 49.2 Å². The molecule has 2 unspecified atom stereocenters. The van der Waals surface area contributed by atoms with Crippen LogP contribution in [0, 0.1) is 6.92 Å². The number of nitrogens with zero attached hydrogens (tertiary/aromatic N) is 2. The highest BCUT2D eigenvalue weighted by Crippen LogP contribution is 2.38. The molecule has 0 bridgehead atoms. The number of aromatic amines is 1. The largest absolute Gasteiger partial charge is 0.385 e. The first kappa shape index (κ1) is 30.8. The summed E-state index contributed by atoms with van der Waals surface area (Å²) in [6.45, 7) is 5.59. The van der Waals surface area contributed by atoms with E-state index in [4.69, 9.17) is 4.98 Å². The Morgan fingerprint density at radius 1 is 0.757 bits per heavy atom. The SMILES string of the molecule is Cc1[nH]c(-c2ccccc2)nc1C(O)C(C(c1ccccc1)c1ccccc1)N1CCNCC1.Cl.Cl.Cl. The standard InChI is InChI=1S/C29H32N4O.3ClH/c1-21-26(32-29(31-21)24-15-9-4-10-16-24)28(34)27(33-19-17-30-18-20-33)25(22-11-5-2-6-12-22)23-13-7-3-8-14-23;;;/h2-16,25,27-28,30,34H,17-20H2,1H3,(H,31,32);3*1H. The molecule has 4 aromatic rings. The zero-order chi connectivity index (χ0) is 23.3. The molecule has 1 aliphatic rings. The Morgan fingerprint density at radius 3 is 1.76 bits per heavy atom. The zero-order valence-electron chi connectivity index (χ0n) is 20.8. The lowest BCUT2D eigenvalue weighted by atomic mass is 9.80. The number of benzene rings is 3. The van der Waals surface area contributed by atoms with Gasteiger partial charge in [0.1, 0.15) is 11.9 Å². The van der Waals surface area contributed by atoms with E-state index in [0.717, 1.165) is 49.0 Å². The van der Waals surface area contributed by atoms with Crippen LogP contribution in [-0.4, -0.2) is 52.2 Å². The molecule has 1 aliphatic heterocycles. The topological polar surface area (TPSA) is 64.2 Å². The summed E-state index contributed by atoms with van der Waals surface area (Å²) in [5, 5.41) is 15.5. The molecule has 5 rings (SSSR count). The summed E-state index contributed by atoms with van der Waals surface area (Å²) in [6, 6.07) is 31.1. The van der Waals surface area contributed by atoms with Crippen LogP contribution in [0.1, 0.15) is 34.5 Å². The number of rotatable bonds is 7. The fourth-order valence-electron chi connectivity index (χ4n) is 5.14. The summed E-state index contributed by atoms with van der Waals surface area (Å²) in [7, 11) is 0. The Kier molecular flexibility index (Phi) is 12.1. The zero-order valence-corrected chi connectivity index (χ0v) is 23.2. The third-order valence-corrected chi connectivity index (χ3v) is 6.81. The molecule has 8 heteroatoms. The molecule has 1 fully saturated rings. The van der Waals surface area contributed by atoms with Crippen LogP contribution in [-0.2, 0) is 0 Å². The molecular formula is C29H35Cl3N4O. The van der Waals surface area contributed by atoms with Crippen molar-refractivity contribution in [3.63, 3.8) is 0 Å². The minimum absolute atomic E-state index is 0. The van der Waals surface area contributed by atoms with Crippen LogP contribution in [0.15, 0.2) is 91.0 Å². The highest BCUT2D eigenvalue weighted by atomic mass is 35.5. The van der Waals surface area contributed by atoms with Gasteiger partial charge in [-0.25, -0.2) is 4.98 Å². The van der Waals surface area contributed by atoms with Crippen molar-refractivity contribution in [1.82, 2.24) is 20.2 Å². The maximum Gasteiger partial charge on any atom is 0.137 e. The maximum atomic E-state index is 12.0. The van der Waals surface area contributed by atoms with E-state index in [1.165, 1.54) is 11.1 Å². The first-order chi connectivity index (χ1) is 16.7. The van der Waals surface area contributed by atoms with E-state index in [1.54, 1.807) is 0 Å². The monoisotopic (exact) mass is 560 g/mol. The molecule has 3 N–H and O–H groups in total. The summed E-state index contributed by atoms with van der Waals surface area (Å²) in [5.41, 5.74) is 5.05. The quantitative estimate of drug-likeness (QED) is 0.267. The van der Waals surface area contributed by atoms with Gasteiger partial charge in [-0.05, 0) is 18.1 Å². The Labute approximate surface area is 238 Å². The number of nitrogens with one attached hydrogen (secondary N) is 2. The lowest BCUT2D eigenvalue weighted by Crippen LogP contribution is -2.52. The van der Waals surface area contributed by atoms with Crippen LogP contribution in [0.25, 0.3) is 11.4 Å². The number of aliphatic hydroxyl groups excluding tert-OH is 1. The number of hydrogen-bond donors (Lipinski definition) is 3. The van der Waals surface area contributed by atoms with Gasteiger partial charge in [-0.3, -0.25) is 4.90 Å². The van der Waals surface area contributed by atoms with Crippen LogP contribution in [0.5, 0.6) is 0 Å². The van der Waals surface area contributed by atoms with E-state index in [1.807, 2.05) is 49.4 Å². The minimum Gasteiger partial charge on any atom is -0.385 e. The molecule has 0 spiro atoms.